The summed E-state index contributed by atoms with van der Waals surface area (Å²) in [5, 5.41) is 0. The maximum Gasteiger partial charge on any atom is -0.0158 e. The zero-order chi connectivity index (χ0) is 11.0. The topological polar surface area (TPSA) is 0 Å². The molecular formula is C14H18. The molecule has 0 atom stereocenters. The number of hydrogen-bond acceptors (Lipinski definition) is 0. The molecule has 0 saturated carbocycles. The summed E-state index contributed by atoms with van der Waals surface area (Å²) in [6.07, 6.45) is 11.4. The second-order valence-electron chi connectivity index (χ2n) is 2.86. The minimum absolute atomic E-state index is 1.07. The molecule has 0 aliphatic rings. The van der Waals surface area contributed by atoms with Crippen LogP contribution in [0, 0.1) is 0 Å². The lowest BCUT2D eigenvalue weighted by atomic mass is 9.99. The molecule has 0 amide bonds. The van der Waals surface area contributed by atoms with Crippen molar-refractivity contribution in [2.45, 2.75) is 13.8 Å². The van der Waals surface area contributed by atoms with E-state index in [2.05, 4.69) is 19.7 Å². The van der Waals surface area contributed by atoms with Crippen LogP contribution in [0.5, 0.6) is 0 Å². The van der Waals surface area contributed by atoms with Gasteiger partial charge in [0.15, 0.2) is 0 Å². The predicted molar refractivity (Wildman–Crippen MR) is 66.2 cm³/mol. The normalized spacial score (nSPS) is 13.7. The van der Waals surface area contributed by atoms with Gasteiger partial charge in [-0.3, -0.25) is 0 Å². The SMILES string of the molecule is C=C\C=C(C=C)/C(/C=C\C)=C(/C)C=C. The van der Waals surface area contributed by atoms with E-state index in [0.717, 1.165) is 16.7 Å². The first-order valence-corrected chi connectivity index (χ1v) is 4.62. The molecule has 0 unspecified atom stereocenters. The molecule has 0 N–H and O–H groups in total. The van der Waals surface area contributed by atoms with Crippen molar-refractivity contribution in [1.82, 2.24) is 0 Å². The minimum atomic E-state index is 1.07. The molecule has 0 saturated heterocycles. The van der Waals surface area contributed by atoms with Crippen molar-refractivity contribution in [3.05, 3.63) is 72.9 Å². The fraction of sp³-hybridized carbons (Fsp3) is 0.143. The summed E-state index contributed by atoms with van der Waals surface area (Å²) < 4.78 is 0. The molecule has 0 aromatic carbocycles. The second kappa shape index (κ2) is 6.90. The van der Waals surface area contributed by atoms with Crippen LogP contribution in [-0.2, 0) is 0 Å². The van der Waals surface area contributed by atoms with Gasteiger partial charge in [0.25, 0.3) is 0 Å². The van der Waals surface area contributed by atoms with E-state index in [4.69, 9.17) is 0 Å². The smallest absolute Gasteiger partial charge is 0.0158 e. The molecule has 0 aromatic heterocycles. The predicted octanol–water partition coefficient (Wildman–Crippen LogP) is 4.36. The second-order valence-corrected chi connectivity index (χ2v) is 2.86. The Morgan fingerprint density at radius 1 is 1.07 bits per heavy atom. The molecule has 0 spiro atoms. The van der Waals surface area contributed by atoms with Crippen molar-refractivity contribution in [2.75, 3.05) is 0 Å². The summed E-state index contributed by atoms with van der Waals surface area (Å²) in [4.78, 5) is 0. The minimum Gasteiger partial charge on any atom is -0.0990 e. The van der Waals surface area contributed by atoms with Crippen LogP contribution in [0.1, 0.15) is 13.8 Å². The Labute approximate surface area is 87.3 Å². The van der Waals surface area contributed by atoms with Crippen LogP contribution >= 0.6 is 0 Å². The Hall–Kier alpha value is -1.56. The highest BCUT2D eigenvalue weighted by Gasteiger charge is 1.99. The van der Waals surface area contributed by atoms with Gasteiger partial charge in [0.1, 0.15) is 0 Å². The molecule has 74 valence electrons. The van der Waals surface area contributed by atoms with Gasteiger partial charge in [0, 0.05) is 0 Å². The van der Waals surface area contributed by atoms with Crippen molar-refractivity contribution in [3.8, 4) is 0 Å². The van der Waals surface area contributed by atoms with Gasteiger partial charge in [0.05, 0.1) is 0 Å². The van der Waals surface area contributed by atoms with E-state index in [1.165, 1.54) is 0 Å². The molecular weight excluding hydrogens is 168 g/mol. The highest BCUT2D eigenvalue weighted by atomic mass is 14.0. The van der Waals surface area contributed by atoms with Crippen molar-refractivity contribution in [2.24, 2.45) is 0 Å². The summed E-state index contributed by atoms with van der Waals surface area (Å²) in [6, 6.07) is 0. The summed E-state index contributed by atoms with van der Waals surface area (Å²) in [5.74, 6) is 0. The first-order valence-electron chi connectivity index (χ1n) is 4.62. The van der Waals surface area contributed by atoms with E-state index in [1.54, 1.807) is 6.08 Å². The molecule has 0 rings (SSSR count). The summed E-state index contributed by atoms with van der Waals surface area (Å²) >= 11 is 0. The third-order valence-corrected chi connectivity index (χ3v) is 1.89. The molecule has 0 bridgehead atoms. The van der Waals surface area contributed by atoms with E-state index < -0.39 is 0 Å². The first kappa shape index (κ1) is 12.4. The summed E-state index contributed by atoms with van der Waals surface area (Å²) in [5.41, 5.74) is 3.34. The van der Waals surface area contributed by atoms with Gasteiger partial charge < -0.3 is 0 Å². The summed E-state index contributed by atoms with van der Waals surface area (Å²) in [7, 11) is 0. The highest BCUT2D eigenvalue weighted by molar-refractivity contribution is 5.51. The number of allylic oxidation sites excluding steroid dienone is 9. The fourth-order valence-corrected chi connectivity index (χ4v) is 1.13. The van der Waals surface area contributed by atoms with Crippen molar-refractivity contribution >= 4 is 0 Å². The zero-order valence-corrected chi connectivity index (χ0v) is 9.09. The Morgan fingerprint density at radius 3 is 2.07 bits per heavy atom. The van der Waals surface area contributed by atoms with E-state index in [1.807, 2.05) is 44.2 Å². The maximum absolute atomic E-state index is 3.78. The molecule has 14 heavy (non-hydrogen) atoms. The lowest BCUT2D eigenvalue weighted by Gasteiger charge is -2.05. The number of hydrogen-bond donors (Lipinski definition) is 0. The van der Waals surface area contributed by atoms with E-state index in [0.29, 0.717) is 0 Å². The molecule has 0 radical (unpaired) electrons. The third-order valence-electron chi connectivity index (χ3n) is 1.89. The molecule has 0 fully saturated rings. The average Bonchev–Trinajstić information content (AvgIpc) is 2.22. The lowest BCUT2D eigenvalue weighted by Crippen LogP contribution is -1.86. The van der Waals surface area contributed by atoms with Gasteiger partial charge in [-0.15, -0.1) is 0 Å². The average molecular weight is 186 g/mol. The standard InChI is InChI=1S/C14H18/c1-6-10-13(9-4)14(11-7-2)12(5)8-3/h6-11H,1,3-4H2,2,5H3/b11-7-,13-10-,14-12-. The van der Waals surface area contributed by atoms with Crippen LogP contribution in [0.2, 0.25) is 0 Å². The van der Waals surface area contributed by atoms with Gasteiger partial charge in [-0.05, 0) is 30.6 Å². The van der Waals surface area contributed by atoms with Crippen molar-refractivity contribution < 1.29 is 0 Å². The Morgan fingerprint density at radius 2 is 1.71 bits per heavy atom. The third kappa shape index (κ3) is 3.44. The molecule has 0 aliphatic carbocycles. The van der Waals surface area contributed by atoms with Gasteiger partial charge in [-0.25, -0.2) is 0 Å². The molecule has 0 aromatic rings. The first-order chi connectivity index (χ1) is 6.71. The van der Waals surface area contributed by atoms with Gasteiger partial charge >= 0.3 is 0 Å². The van der Waals surface area contributed by atoms with Crippen LogP contribution < -0.4 is 0 Å². The van der Waals surface area contributed by atoms with E-state index in [9.17, 15) is 0 Å². The van der Waals surface area contributed by atoms with Crippen molar-refractivity contribution in [1.29, 1.82) is 0 Å². The molecule has 0 heterocycles. The van der Waals surface area contributed by atoms with Crippen molar-refractivity contribution in [3.63, 3.8) is 0 Å². The summed E-state index contributed by atoms with van der Waals surface area (Å²) in [6.45, 7) is 15.2. The van der Waals surface area contributed by atoms with Gasteiger partial charge in [-0.2, -0.15) is 0 Å². The quantitative estimate of drug-likeness (QED) is 0.559. The Bertz CT molecular complexity index is 309. The number of rotatable bonds is 5. The molecule has 0 heteroatoms. The maximum atomic E-state index is 3.78. The Balaban J connectivity index is 5.40. The van der Waals surface area contributed by atoms with Crippen LogP contribution in [0.25, 0.3) is 0 Å². The van der Waals surface area contributed by atoms with E-state index in [-0.39, 0.29) is 0 Å². The van der Waals surface area contributed by atoms with Gasteiger partial charge in [-0.1, -0.05) is 56.2 Å². The van der Waals surface area contributed by atoms with Crippen LogP contribution in [-0.4, -0.2) is 0 Å². The van der Waals surface area contributed by atoms with Crippen LogP contribution in [0.4, 0.5) is 0 Å². The van der Waals surface area contributed by atoms with Gasteiger partial charge in [0.2, 0.25) is 0 Å². The Kier molecular flexibility index (Phi) is 6.13. The lowest BCUT2D eigenvalue weighted by molar-refractivity contribution is 1.40. The largest absolute Gasteiger partial charge is 0.0990 e. The van der Waals surface area contributed by atoms with E-state index >= 15 is 0 Å². The van der Waals surface area contributed by atoms with Crippen LogP contribution in [0.3, 0.4) is 0 Å². The molecule has 0 aliphatic heterocycles. The molecule has 0 nitrogen and oxygen atoms in total. The fourth-order valence-electron chi connectivity index (χ4n) is 1.13. The monoisotopic (exact) mass is 186 g/mol. The highest BCUT2D eigenvalue weighted by Crippen LogP contribution is 2.18. The van der Waals surface area contributed by atoms with Crippen LogP contribution in [0.15, 0.2) is 72.9 Å². The zero-order valence-electron chi connectivity index (χ0n) is 9.09.